The summed E-state index contributed by atoms with van der Waals surface area (Å²) in [5, 5.41) is 10.5. The molecular weight excluding hydrogens is 240 g/mol. The summed E-state index contributed by atoms with van der Waals surface area (Å²) in [5.74, 6) is -1.45. The SMILES string of the molecule is O=C([O-])C[C@@H]1Sc2nc3ccccc3n2C1=O. The molecule has 2 heterocycles. The van der Waals surface area contributed by atoms with E-state index < -0.39 is 11.2 Å². The van der Waals surface area contributed by atoms with Gasteiger partial charge in [-0.25, -0.2) is 4.98 Å². The largest absolute Gasteiger partial charge is 0.550 e. The number of nitrogens with zero attached hydrogens (tertiary/aromatic N) is 2. The Hall–Kier alpha value is -1.82. The number of imidazole rings is 1. The molecule has 6 heteroatoms. The summed E-state index contributed by atoms with van der Waals surface area (Å²) in [4.78, 5) is 26.8. The Labute approximate surface area is 100 Å². The van der Waals surface area contributed by atoms with Crippen LogP contribution in [0.5, 0.6) is 0 Å². The molecule has 17 heavy (non-hydrogen) atoms. The third-order valence-corrected chi connectivity index (χ3v) is 3.76. The van der Waals surface area contributed by atoms with Crippen molar-refractivity contribution in [1.29, 1.82) is 0 Å². The van der Waals surface area contributed by atoms with Gasteiger partial charge < -0.3 is 9.90 Å². The van der Waals surface area contributed by atoms with E-state index in [2.05, 4.69) is 4.98 Å². The van der Waals surface area contributed by atoms with Crippen LogP contribution in [-0.4, -0.2) is 26.7 Å². The number of hydrogen-bond donors (Lipinski definition) is 0. The smallest absolute Gasteiger partial charge is 0.247 e. The molecule has 1 atom stereocenters. The third kappa shape index (κ3) is 1.52. The number of carbonyl (C=O) groups is 2. The molecule has 0 bridgehead atoms. The molecule has 0 saturated heterocycles. The van der Waals surface area contributed by atoms with Crippen molar-refractivity contribution in [2.75, 3.05) is 0 Å². The van der Waals surface area contributed by atoms with Crippen LogP contribution in [0.3, 0.4) is 0 Å². The lowest BCUT2D eigenvalue weighted by molar-refractivity contribution is -0.305. The lowest BCUT2D eigenvalue weighted by Gasteiger charge is -2.07. The van der Waals surface area contributed by atoms with E-state index in [4.69, 9.17) is 0 Å². The van der Waals surface area contributed by atoms with Crippen molar-refractivity contribution >= 4 is 34.7 Å². The number of para-hydroxylation sites is 2. The highest BCUT2D eigenvalue weighted by Crippen LogP contribution is 2.36. The predicted octanol–water partition coefficient (Wildman–Crippen LogP) is 0.291. The quantitative estimate of drug-likeness (QED) is 0.762. The van der Waals surface area contributed by atoms with E-state index in [0.717, 1.165) is 11.0 Å². The second-order valence-electron chi connectivity index (χ2n) is 3.74. The number of carbonyl (C=O) groups excluding carboxylic acids is 2. The first-order chi connectivity index (χ1) is 8.16. The topological polar surface area (TPSA) is 75.0 Å². The molecule has 1 aliphatic heterocycles. The standard InChI is InChI=1S/C11H8N2O3S/c14-9(15)5-8-10(16)13-7-4-2-1-3-6(7)12-11(13)17-8/h1-4,8H,5H2,(H,14,15)/p-1/t8-/m0/s1. The van der Waals surface area contributed by atoms with Gasteiger partial charge in [0.25, 0.3) is 0 Å². The van der Waals surface area contributed by atoms with Crippen molar-refractivity contribution in [1.82, 2.24) is 9.55 Å². The van der Waals surface area contributed by atoms with Gasteiger partial charge in [-0.3, -0.25) is 9.36 Å². The van der Waals surface area contributed by atoms with Crippen LogP contribution in [0.4, 0.5) is 0 Å². The Morgan fingerprint density at radius 2 is 2.24 bits per heavy atom. The van der Waals surface area contributed by atoms with Gasteiger partial charge in [-0.1, -0.05) is 23.9 Å². The van der Waals surface area contributed by atoms with Crippen molar-refractivity contribution in [3.63, 3.8) is 0 Å². The Morgan fingerprint density at radius 1 is 1.47 bits per heavy atom. The van der Waals surface area contributed by atoms with E-state index >= 15 is 0 Å². The highest BCUT2D eigenvalue weighted by atomic mass is 32.2. The molecule has 0 N–H and O–H groups in total. The molecule has 86 valence electrons. The molecule has 2 aromatic rings. The van der Waals surface area contributed by atoms with Crippen LogP contribution >= 0.6 is 11.8 Å². The number of carboxylic acid groups (broad SMARTS) is 1. The summed E-state index contributed by atoms with van der Waals surface area (Å²) >= 11 is 1.18. The van der Waals surface area contributed by atoms with Crippen LogP contribution in [0, 0.1) is 0 Å². The van der Waals surface area contributed by atoms with Crippen LogP contribution in [0.1, 0.15) is 11.2 Å². The lowest BCUT2D eigenvalue weighted by atomic mass is 10.2. The number of aliphatic carboxylic acids is 1. The fourth-order valence-electron chi connectivity index (χ4n) is 1.90. The molecule has 0 amide bonds. The Bertz CT molecular complexity index is 635. The number of carboxylic acids is 1. The Balaban J connectivity index is 2.07. The van der Waals surface area contributed by atoms with Crippen LogP contribution in [0.25, 0.3) is 11.0 Å². The minimum Gasteiger partial charge on any atom is -0.550 e. The van der Waals surface area contributed by atoms with Crippen molar-refractivity contribution in [3.8, 4) is 0 Å². The number of hydrogen-bond acceptors (Lipinski definition) is 5. The summed E-state index contributed by atoms with van der Waals surface area (Å²) in [6, 6.07) is 7.29. The van der Waals surface area contributed by atoms with Crippen LogP contribution in [0.15, 0.2) is 29.4 Å². The van der Waals surface area contributed by atoms with Crippen LogP contribution in [-0.2, 0) is 4.79 Å². The first kappa shape index (κ1) is 10.3. The van der Waals surface area contributed by atoms with Crippen molar-refractivity contribution in [2.45, 2.75) is 16.8 Å². The normalized spacial score (nSPS) is 18.6. The van der Waals surface area contributed by atoms with Gasteiger partial charge in [0.15, 0.2) is 5.16 Å². The first-order valence-corrected chi connectivity index (χ1v) is 5.93. The minimum atomic E-state index is -1.22. The summed E-state index contributed by atoms with van der Waals surface area (Å²) < 4.78 is 1.48. The monoisotopic (exact) mass is 247 g/mol. The van der Waals surface area contributed by atoms with E-state index in [0.29, 0.717) is 5.16 Å². The van der Waals surface area contributed by atoms with Crippen molar-refractivity contribution < 1.29 is 14.7 Å². The zero-order valence-corrected chi connectivity index (χ0v) is 9.44. The van der Waals surface area contributed by atoms with Crippen LogP contribution in [0.2, 0.25) is 0 Å². The second-order valence-corrected chi connectivity index (χ2v) is 4.91. The van der Waals surface area contributed by atoms with E-state index in [-0.39, 0.29) is 12.3 Å². The average Bonchev–Trinajstić information content (AvgIpc) is 2.76. The van der Waals surface area contributed by atoms with E-state index in [1.165, 1.54) is 16.3 Å². The molecule has 0 unspecified atom stereocenters. The molecular formula is C11H7N2O3S-. The summed E-state index contributed by atoms with van der Waals surface area (Å²) in [6.07, 6.45) is -0.277. The number of aromatic nitrogens is 2. The molecule has 0 radical (unpaired) electrons. The van der Waals surface area contributed by atoms with Gasteiger partial charge in [0.05, 0.1) is 16.3 Å². The zero-order chi connectivity index (χ0) is 12.0. The number of benzene rings is 1. The van der Waals surface area contributed by atoms with Crippen LogP contribution < -0.4 is 5.11 Å². The van der Waals surface area contributed by atoms with Gasteiger partial charge >= 0.3 is 0 Å². The maximum atomic E-state index is 12.0. The van der Waals surface area contributed by atoms with Gasteiger partial charge in [-0.15, -0.1) is 0 Å². The molecule has 0 aliphatic carbocycles. The van der Waals surface area contributed by atoms with Gasteiger partial charge in [-0.2, -0.15) is 0 Å². The average molecular weight is 247 g/mol. The Morgan fingerprint density at radius 3 is 3.00 bits per heavy atom. The maximum absolute atomic E-state index is 12.0. The molecule has 0 spiro atoms. The second kappa shape index (κ2) is 3.59. The van der Waals surface area contributed by atoms with Gasteiger partial charge in [0.1, 0.15) is 0 Å². The number of thioether (sulfide) groups is 1. The predicted molar refractivity (Wildman–Crippen MR) is 59.6 cm³/mol. The summed E-state index contributed by atoms with van der Waals surface area (Å²) in [5.41, 5.74) is 1.47. The van der Waals surface area contributed by atoms with E-state index in [1.54, 1.807) is 6.07 Å². The van der Waals surface area contributed by atoms with E-state index in [9.17, 15) is 14.7 Å². The summed E-state index contributed by atoms with van der Waals surface area (Å²) in [7, 11) is 0. The molecule has 1 aromatic carbocycles. The Kier molecular flexibility index (Phi) is 2.19. The number of rotatable bonds is 2. The maximum Gasteiger partial charge on any atom is 0.247 e. The number of fused-ring (bicyclic) bond motifs is 3. The fourth-order valence-corrected chi connectivity index (χ4v) is 3.02. The minimum absolute atomic E-state index is 0.233. The molecule has 1 aromatic heterocycles. The molecule has 0 saturated carbocycles. The summed E-state index contributed by atoms with van der Waals surface area (Å²) in [6.45, 7) is 0. The molecule has 0 fully saturated rings. The van der Waals surface area contributed by atoms with Gasteiger partial charge in [-0.05, 0) is 12.1 Å². The molecule has 1 aliphatic rings. The molecule has 3 rings (SSSR count). The lowest BCUT2D eigenvalue weighted by Crippen LogP contribution is -2.29. The highest BCUT2D eigenvalue weighted by Gasteiger charge is 2.34. The van der Waals surface area contributed by atoms with Crippen molar-refractivity contribution in [2.24, 2.45) is 0 Å². The third-order valence-electron chi connectivity index (χ3n) is 2.63. The fraction of sp³-hybridized carbons (Fsp3) is 0.182. The van der Waals surface area contributed by atoms with Crippen molar-refractivity contribution in [3.05, 3.63) is 24.3 Å². The van der Waals surface area contributed by atoms with Gasteiger partial charge in [0.2, 0.25) is 5.91 Å². The van der Waals surface area contributed by atoms with Gasteiger partial charge in [0, 0.05) is 12.4 Å². The highest BCUT2D eigenvalue weighted by molar-refractivity contribution is 8.00. The zero-order valence-electron chi connectivity index (χ0n) is 8.62. The first-order valence-electron chi connectivity index (χ1n) is 5.05. The van der Waals surface area contributed by atoms with E-state index in [1.807, 2.05) is 18.2 Å². The molecule has 5 nitrogen and oxygen atoms in total.